The van der Waals surface area contributed by atoms with E-state index in [-0.39, 0.29) is 11.8 Å². The molecule has 0 aliphatic heterocycles. The minimum absolute atomic E-state index is 0.0425. The second-order valence-electron chi connectivity index (χ2n) is 4.25. The first-order chi connectivity index (χ1) is 7.47. The topological polar surface area (TPSA) is 84.2 Å². The number of carbonyl (C=O) groups excluding carboxylic acids is 2. The summed E-state index contributed by atoms with van der Waals surface area (Å²) in [5.74, 6) is 0.199. The lowest BCUT2D eigenvalue weighted by Gasteiger charge is -2.10. The molecule has 1 atom stereocenters. The fourth-order valence-electron chi connectivity index (χ4n) is 1.02. The summed E-state index contributed by atoms with van der Waals surface area (Å²) in [4.78, 5) is 22.5. The summed E-state index contributed by atoms with van der Waals surface area (Å²) in [5, 5.41) is 5.40. The molecule has 0 fully saturated rings. The molecular weight excluding hydrogens is 206 g/mol. The van der Waals surface area contributed by atoms with Gasteiger partial charge in [0, 0.05) is 19.5 Å². The van der Waals surface area contributed by atoms with Gasteiger partial charge in [0.15, 0.2) is 0 Å². The van der Waals surface area contributed by atoms with Crippen LogP contribution >= 0.6 is 0 Å². The van der Waals surface area contributed by atoms with Gasteiger partial charge in [-0.1, -0.05) is 20.8 Å². The highest BCUT2D eigenvalue weighted by Crippen LogP contribution is 1.89. The molecule has 0 bridgehead atoms. The van der Waals surface area contributed by atoms with Crippen LogP contribution < -0.4 is 16.4 Å². The molecule has 2 amide bonds. The maximum Gasteiger partial charge on any atom is 0.236 e. The molecular formula is C11H23N3O2. The van der Waals surface area contributed by atoms with E-state index in [1.807, 2.05) is 20.8 Å². The standard InChI is InChI=1S/C11H23N3O2/c1-4-9(12)11(16)13-6-5-10(15)14-7-8(2)3/h8-9H,4-7,12H2,1-3H3,(H,13,16)(H,14,15)/t9-/m0/s1. The lowest BCUT2D eigenvalue weighted by Crippen LogP contribution is -2.41. The van der Waals surface area contributed by atoms with Crippen LogP contribution in [-0.2, 0) is 9.59 Å². The van der Waals surface area contributed by atoms with Gasteiger partial charge in [-0.3, -0.25) is 9.59 Å². The van der Waals surface area contributed by atoms with Gasteiger partial charge in [-0.25, -0.2) is 0 Å². The van der Waals surface area contributed by atoms with Crippen LogP contribution in [0.2, 0.25) is 0 Å². The average molecular weight is 229 g/mol. The number of hydrogen-bond acceptors (Lipinski definition) is 3. The Morgan fingerprint density at radius 3 is 2.38 bits per heavy atom. The fourth-order valence-corrected chi connectivity index (χ4v) is 1.02. The van der Waals surface area contributed by atoms with E-state index in [4.69, 9.17) is 5.73 Å². The second kappa shape index (κ2) is 8.10. The monoisotopic (exact) mass is 229 g/mol. The molecule has 0 aromatic heterocycles. The maximum absolute atomic E-state index is 11.3. The minimum Gasteiger partial charge on any atom is -0.356 e. The number of nitrogens with two attached hydrogens (primary N) is 1. The molecule has 0 heterocycles. The second-order valence-corrected chi connectivity index (χ2v) is 4.25. The first-order valence-electron chi connectivity index (χ1n) is 5.77. The lowest BCUT2D eigenvalue weighted by atomic mass is 10.2. The molecule has 0 rings (SSSR count). The van der Waals surface area contributed by atoms with Crippen molar-refractivity contribution in [1.29, 1.82) is 0 Å². The van der Waals surface area contributed by atoms with Gasteiger partial charge in [-0.05, 0) is 12.3 Å². The van der Waals surface area contributed by atoms with E-state index in [1.54, 1.807) is 0 Å². The normalized spacial score (nSPS) is 12.3. The predicted octanol–water partition coefficient (Wildman–Crippen LogP) is 0.00220. The highest BCUT2D eigenvalue weighted by atomic mass is 16.2. The van der Waals surface area contributed by atoms with E-state index < -0.39 is 6.04 Å². The number of hydrogen-bond donors (Lipinski definition) is 3. The first-order valence-corrected chi connectivity index (χ1v) is 5.77. The van der Waals surface area contributed by atoms with Gasteiger partial charge in [-0.15, -0.1) is 0 Å². The number of carbonyl (C=O) groups is 2. The molecule has 0 aliphatic rings. The van der Waals surface area contributed by atoms with Gasteiger partial charge in [0.2, 0.25) is 11.8 Å². The molecule has 0 aromatic rings. The van der Waals surface area contributed by atoms with Gasteiger partial charge in [0.1, 0.15) is 0 Å². The highest BCUT2D eigenvalue weighted by molar-refractivity contribution is 5.82. The Hall–Kier alpha value is -1.10. The first kappa shape index (κ1) is 14.9. The van der Waals surface area contributed by atoms with E-state index in [1.165, 1.54) is 0 Å². The van der Waals surface area contributed by atoms with E-state index in [2.05, 4.69) is 10.6 Å². The largest absolute Gasteiger partial charge is 0.356 e. The zero-order valence-electron chi connectivity index (χ0n) is 10.4. The van der Waals surface area contributed by atoms with Crippen molar-refractivity contribution < 1.29 is 9.59 Å². The summed E-state index contributed by atoms with van der Waals surface area (Å²) in [5.41, 5.74) is 5.52. The van der Waals surface area contributed by atoms with Crippen molar-refractivity contribution in [2.45, 2.75) is 39.7 Å². The Bertz CT molecular complexity index is 229. The summed E-state index contributed by atoms with van der Waals surface area (Å²) < 4.78 is 0. The third-order valence-corrected chi connectivity index (χ3v) is 2.14. The average Bonchev–Trinajstić information content (AvgIpc) is 2.24. The summed E-state index contributed by atoms with van der Waals surface area (Å²) >= 11 is 0. The van der Waals surface area contributed by atoms with Crippen molar-refractivity contribution in [3.05, 3.63) is 0 Å². The Balaban J connectivity index is 3.58. The SMILES string of the molecule is CC[C@H](N)C(=O)NCCC(=O)NCC(C)C. The minimum atomic E-state index is -0.473. The fraction of sp³-hybridized carbons (Fsp3) is 0.818. The summed E-state index contributed by atoms with van der Waals surface area (Å²) in [6, 6.07) is -0.473. The van der Waals surface area contributed by atoms with Crippen molar-refractivity contribution >= 4 is 11.8 Å². The van der Waals surface area contributed by atoms with E-state index in [0.717, 1.165) is 0 Å². The van der Waals surface area contributed by atoms with Gasteiger partial charge < -0.3 is 16.4 Å². The van der Waals surface area contributed by atoms with Crippen molar-refractivity contribution in [2.75, 3.05) is 13.1 Å². The van der Waals surface area contributed by atoms with Gasteiger partial charge in [0.05, 0.1) is 6.04 Å². The quantitative estimate of drug-likeness (QED) is 0.574. The summed E-state index contributed by atoms with van der Waals surface area (Å²) in [7, 11) is 0. The Morgan fingerprint density at radius 2 is 1.88 bits per heavy atom. The lowest BCUT2D eigenvalue weighted by molar-refractivity contribution is -0.123. The van der Waals surface area contributed by atoms with Gasteiger partial charge in [0.25, 0.3) is 0 Å². The molecule has 16 heavy (non-hydrogen) atoms. The Morgan fingerprint density at radius 1 is 1.25 bits per heavy atom. The van der Waals surface area contributed by atoms with Crippen LogP contribution in [0.3, 0.4) is 0 Å². The maximum atomic E-state index is 11.3. The summed E-state index contributed by atoms with van der Waals surface area (Å²) in [6.07, 6.45) is 0.903. The molecule has 0 aromatic carbocycles. The predicted molar refractivity (Wildman–Crippen MR) is 63.7 cm³/mol. The van der Waals surface area contributed by atoms with Crippen molar-refractivity contribution in [3.8, 4) is 0 Å². The number of nitrogens with one attached hydrogen (secondary N) is 2. The summed E-state index contributed by atoms with van der Waals surface area (Å²) in [6.45, 7) is 6.92. The molecule has 0 saturated carbocycles. The molecule has 0 unspecified atom stereocenters. The van der Waals surface area contributed by atoms with Crippen LogP contribution in [0.15, 0.2) is 0 Å². The van der Waals surface area contributed by atoms with Gasteiger partial charge in [-0.2, -0.15) is 0 Å². The molecule has 5 nitrogen and oxygen atoms in total. The van der Waals surface area contributed by atoms with Crippen molar-refractivity contribution in [1.82, 2.24) is 10.6 Å². The van der Waals surface area contributed by atoms with Gasteiger partial charge >= 0.3 is 0 Å². The van der Waals surface area contributed by atoms with E-state index in [9.17, 15) is 9.59 Å². The molecule has 0 aliphatic carbocycles. The van der Waals surface area contributed by atoms with E-state index >= 15 is 0 Å². The van der Waals surface area contributed by atoms with Crippen LogP contribution in [0.25, 0.3) is 0 Å². The van der Waals surface area contributed by atoms with Crippen LogP contribution in [0.1, 0.15) is 33.6 Å². The third-order valence-electron chi connectivity index (χ3n) is 2.14. The third kappa shape index (κ3) is 7.23. The van der Waals surface area contributed by atoms with Crippen molar-refractivity contribution in [3.63, 3.8) is 0 Å². The smallest absolute Gasteiger partial charge is 0.236 e. The highest BCUT2D eigenvalue weighted by Gasteiger charge is 2.10. The molecule has 4 N–H and O–H groups in total. The number of amides is 2. The van der Waals surface area contributed by atoms with E-state index in [0.29, 0.717) is 31.8 Å². The zero-order valence-corrected chi connectivity index (χ0v) is 10.4. The molecule has 5 heteroatoms. The Labute approximate surface area is 97.2 Å². The zero-order chi connectivity index (χ0) is 12.6. The Kier molecular flexibility index (Phi) is 7.54. The molecule has 0 radical (unpaired) electrons. The molecule has 0 spiro atoms. The van der Waals surface area contributed by atoms with Crippen LogP contribution in [-0.4, -0.2) is 30.9 Å². The van der Waals surface area contributed by atoms with Crippen molar-refractivity contribution in [2.24, 2.45) is 11.7 Å². The van der Waals surface area contributed by atoms with Crippen LogP contribution in [0.4, 0.5) is 0 Å². The van der Waals surface area contributed by atoms with Crippen LogP contribution in [0.5, 0.6) is 0 Å². The number of rotatable bonds is 7. The molecule has 0 saturated heterocycles. The molecule has 94 valence electrons. The van der Waals surface area contributed by atoms with Crippen LogP contribution in [0, 0.1) is 5.92 Å².